The first-order valence-corrected chi connectivity index (χ1v) is 9.61. The summed E-state index contributed by atoms with van der Waals surface area (Å²) >= 11 is 0. The van der Waals surface area contributed by atoms with Crippen LogP contribution in [0.25, 0.3) is 0 Å². The normalized spacial score (nSPS) is 17.2. The second-order valence-corrected chi connectivity index (χ2v) is 6.79. The van der Waals surface area contributed by atoms with Gasteiger partial charge in [0.05, 0.1) is 13.2 Å². The quantitative estimate of drug-likeness (QED) is 0.672. The van der Waals surface area contributed by atoms with Crippen molar-refractivity contribution in [2.75, 3.05) is 40.0 Å². The van der Waals surface area contributed by atoms with Crippen molar-refractivity contribution in [3.8, 4) is 5.75 Å². The molecule has 1 amide bonds. The van der Waals surface area contributed by atoms with Crippen LogP contribution >= 0.6 is 0 Å². The zero-order valence-corrected chi connectivity index (χ0v) is 16.3. The smallest absolute Gasteiger partial charge is 0.250 e. The molecule has 1 N–H and O–H groups in total. The SMILES string of the molecule is COCCOc1cccc(CNC(=O)C2CN(Cc3ccccc3)CCO2)c1. The van der Waals surface area contributed by atoms with Gasteiger partial charge in [-0.25, -0.2) is 0 Å². The monoisotopic (exact) mass is 384 g/mol. The first kappa shape index (κ1) is 20.3. The van der Waals surface area contributed by atoms with E-state index < -0.39 is 6.10 Å². The summed E-state index contributed by atoms with van der Waals surface area (Å²) < 4.78 is 16.3. The summed E-state index contributed by atoms with van der Waals surface area (Å²) in [5.74, 6) is 0.690. The maximum absolute atomic E-state index is 12.6. The van der Waals surface area contributed by atoms with Crippen LogP contribution in [0.3, 0.4) is 0 Å². The predicted molar refractivity (Wildman–Crippen MR) is 107 cm³/mol. The van der Waals surface area contributed by atoms with Crippen LogP contribution in [-0.2, 0) is 27.4 Å². The standard InChI is InChI=1S/C22H28N2O4/c1-26-12-13-27-20-9-5-8-19(14-20)15-23-22(25)21-17-24(10-11-28-21)16-18-6-3-2-4-7-18/h2-9,14,21H,10-13,15-17H2,1H3,(H,23,25). The van der Waals surface area contributed by atoms with Gasteiger partial charge in [0.25, 0.3) is 5.91 Å². The molecular formula is C22H28N2O4. The third-order valence-electron chi connectivity index (χ3n) is 4.61. The van der Waals surface area contributed by atoms with E-state index in [-0.39, 0.29) is 5.91 Å². The highest BCUT2D eigenvalue weighted by atomic mass is 16.5. The van der Waals surface area contributed by atoms with E-state index >= 15 is 0 Å². The molecule has 2 aromatic rings. The molecule has 0 aromatic heterocycles. The largest absolute Gasteiger partial charge is 0.491 e. The molecule has 1 saturated heterocycles. The van der Waals surface area contributed by atoms with Gasteiger partial charge in [0.15, 0.2) is 0 Å². The molecule has 0 radical (unpaired) electrons. The van der Waals surface area contributed by atoms with Crippen LogP contribution in [0.5, 0.6) is 5.75 Å². The van der Waals surface area contributed by atoms with Gasteiger partial charge in [0, 0.05) is 33.3 Å². The predicted octanol–water partition coefficient (Wildman–Crippen LogP) is 2.23. The number of nitrogens with zero attached hydrogens (tertiary/aromatic N) is 1. The van der Waals surface area contributed by atoms with Gasteiger partial charge < -0.3 is 19.5 Å². The van der Waals surface area contributed by atoms with Gasteiger partial charge in [0.1, 0.15) is 18.5 Å². The molecule has 0 aliphatic carbocycles. The number of benzene rings is 2. The molecule has 150 valence electrons. The van der Waals surface area contributed by atoms with Crippen molar-refractivity contribution < 1.29 is 19.0 Å². The lowest BCUT2D eigenvalue weighted by Gasteiger charge is -2.32. The number of hydrogen-bond donors (Lipinski definition) is 1. The molecule has 6 nitrogen and oxygen atoms in total. The van der Waals surface area contributed by atoms with Crippen LogP contribution in [0, 0.1) is 0 Å². The van der Waals surface area contributed by atoms with Crippen molar-refractivity contribution in [3.05, 3.63) is 65.7 Å². The first-order valence-electron chi connectivity index (χ1n) is 9.61. The minimum absolute atomic E-state index is 0.0801. The molecule has 2 aromatic carbocycles. The van der Waals surface area contributed by atoms with Crippen molar-refractivity contribution in [3.63, 3.8) is 0 Å². The van der Waals surface area contributed by atoms with Crippen molar-refractivity contribution in [2.45, 2.75) is 19.2 Å². The Balaban J connectivity index is 1.47. The number of hydrogen-bond acceptors (Lipinski definition) is 5. The average Bonchev–Trinajstić information content (AvgIpc) is 2.73. The molecule has 0 spiro atoms. The molecule has 3 rings (SSSR count). The second-order valence-electron chi connectivity index (χ2n) is 6.79. The third-order valence-corrected chi connectivity index (χ3v) is 4.61. The zero-order chi connectivity index (χ0) is 19.6. The molecule has 1 aliphatic rings. The fourth-order valence-electron chi connectivity index (χ4n) is 3.14. The molecule has 28 heavy (non-hydrogen) atoms. The number of carbonyl (C=O) groups excluding carboxylic acids is 1. The number of ether oxygens (including phenoxy) is 3. The van der Waals surface area contributed by atoms with Gasteiger partial charge in [-0.05, 0) is 23.3 Å². The summed E-state index contributed by atoms with van der Waals surface area (Å²) in [6.07, 6.45) is -0.446. The first-order chi connectivity index (χ1) is 13.7. The molecule has 1 fully saturated rings. The van der Waals surface area contributed by atoms with Gasteiger partial charge >= 0.3 is 0 Å². The lowest BCUT2D eigenvalue weighted by molar-refractivity contribution is -0.139. The van der Waals surface area contributed by atoms with E-state index in [9.17, 15) is 4.79 Å². The van der Waals surface area contributed by atoms with Crippen molar-refractivity contribution in [2.24, 2.45) is 0 Å². The molecule has 1 aliphatic heterocycles. The Morgan fingerprint density at radius 3 is 2.79 bits per heavy atom. The van der Waals surface area contributed by atoms with Crippen LogP contribution < -0.4 is 10.1 Å². The van der Waals surface area contributed by atoms with Crippen LogP contribution in [0.4, 0.5) is 0 Å². The lowest BCUT2D eigenvalue weighted by Crippen LogP contribution is -2.49. The van der Waals surface area contributed by atoms with Gasteiger partial charge in [-0.1, -0.05) is 42.5 Å². The molecule has 1 heterocycles. The van der Waals surface area contributed by atoms with Crippen LogP contribution in [0.2, 0.25) is 0 Å². The third kappa shape index (κ3) is 6.34. The van der Waals surface area contributed by atoms with Crippen molar-refractivity contribution in [1.82, 2.24) is 10.2 Å². The number of carbonyl (C=O) groups is 1. The Bertz CT molecular complexity index is 738. The summed E-state index contributed by atoms with van der Waals surface area (Å²) in [5.41, 5.74) is 2.23. The van der Waals surface area contributed by atoms with Crippen molar-refractivity contribution >= 4 is 5.91 Å². The van der Waals surface area contributed by atoms with E-state index in [1.54, 1.807) is 7.11 Å². The Hall–Kier alpha value is -2.41. The van der Waals surface area contributed by atoms with Crippen molar-refractivity contribution in [1.29, 1.82) is 0 Å². The number of methoxy groups -OCH3 is 1. The summed E-state index contributed by atoms with van der Waals surface area (Å²) in [6.45, 7) is 4.31. The minimum atomic E-state index is -0.446. The minimum Gasteiger partial charge on any atom is -0.491 e. The fraction of sp³-hybridized carbons (Fsp3) is 0.409. The highest BCUT2D eigenvalue weighted by Gasteiger charge is 2.26. The number of amides is 1. The van der Waals surface area contributed by atoms with Crippen LogP contribution in [-0.4, -0.2) is 56.9 Å². The van der Waals surface area contributed by atoms with E-state index in [1.165, 1.54) is 5.56 Å². The molecule has 1 atom stereocenters. The number of rotatable bonds is 9. The molecular weight excluding hydrogens is 356 g/mol. The zero-order valence-electron chi connectivity index (χ0n) is 16.3. The summed E-state index contributed by atoms with van der Waals surface area (Å²) in [4.78, 5) is 14.8. The maximum Gasteiger partial charge on any atom is 0.250 e. The van der Waals surface area contributed by atoms with E-state index in [2.05, 4.69) is 22.3 Å². The van der Waals surface area contributed by atoms with Crippen LogP contribution in [0.1, 0.15) is 11.1 Å². The molecule has 0 saturated carbocycles. The second kappa shape index (κ2) is 10.8. The van der Waals surface area contributed by atoms with Gasteiger partial charge in [0.2, 0.25) is 0 Å². The Labute approximate surface area is 166 Å². The average molecular weight is 384 g/mol. The number of morpholine rings is 1. The summed E-state index contributed by atoms with van der Waals surface area (Å²) in [6, 6.07) is 18.0. The Kier molecular flexibility index (Phi) is 7.84. The summed E-state index contributed by atoms with van der Waals surface area (Å²) in [7, 11) is 1.64. The fourth-order valence-corrected chi connectivity index (χ4v) is 3.14. The van der Waals surface area contributed by atoms with E-state index in [1.807, 2.05) is 42.5 Å². The summed E-state index contributed by atoms with van der Waals surface area (Å²) in [5, 5.41) is 2.98. The van der Waals surface area contributed by atoms with Gasteiger partial charge in [-0.15, -0.1) is 0 Å². The molecule has 6 heteroatoms. The Morgan fingerprint density at radius 2 is 1.96 bits per heavy atom. The molecule has 0 bridgehead atoms. The van der Waals surface area contributed by atoms with Crippen LogP contribution in [0.15, 0.2) is 54.6 Å². The highest BCUT2D eigenvalue weighted by molar-refractivity contribution is 5.81. The van der Waals surface area contributed by atoms with E-state index in [0.717, 1.165) is 24.4 Å². The highest BCUT2D eigenvalue weighted by Crippen LogP contribution is 2.14. The number of nitrogens with one attached hydrogen (secondary N) is 1. The lowest BCUT2D eigenvalue weighted by atomic mass is 10.1. The maximum atomic E-state index is 12.6. The topological polar surface area (TPSA) is 60.0 Å². The molecule has 1 unspecified atom stereocenters. The van der Waals surface area contributed by atoms with E-state index in [0.29, 0.717) is 32.9 Å². The Morgan fingerprint density at radius 1 is 1.14 bits per heavy atom. The van der Waals surface area contributed by atoms with E-state index in [4.69, 9.17) is 14.2 Å². The van der Waals surface area contributed by atoms with Gasteiger partial charge in [-0.3, -0.25) is 9.69 Å². The van der Waals surface area contributed by atoms with Gasteiger partial charge in [-0.2, -0.15) is 0 Å².